The van der Waals surface area contributed by atoms with Gasteiger partial charge in [-0.1, -0.05) is 6.07 Å². The van der Waals surface area contributed by atoms with E-state index in [4.69, 9.17) is 9.47 Å². The van der Waals surface area contributed by atoms with E-state index < -0.39 is 11.1 Å². The van der Waals surface area contributed by atoms with Gasteiger partial charge in [-0.05, 0) is 42.0 Å². The van der Waals surface area contributed by atoms with Crippen molar-refractivity contribution >= 4 is 12.2 Å². The fourth-order valence-corrected chi connectivity index (χ4v) is 2.38. The summed E-state index contributed by atoms with van der Waals surface area (Å²) in [6, 6.07) is 10.5. The third-order valence-corrected chi connectivity index (χ3v) is 3.65. The van der Waals surface area contributed by atoms with E-state index in [1.165, 1.54) is 20.3 Å². The van der Waals surface area contributed by atoms with Crippen molar-refractivity contribution in [3.8, 4) is 11.5 Å². The summed E-state index contributed by atoms with van der Waals surface area (Å²) >= 11 is 0. The van der Waals surface area contributed by atoms with Crippen LogP contribution in [-0.4, -0.2) is 29.2 Å². The molecule has 2 heterocycles. The molecule has 0 saturated carbocycles. The molecule has 2 N–H and O–H groups in total. The highest BCUT2D eigenvalue weighted by Gasteiger charge is 2.02. The van der Waals surface area contributed by atoms with E-state index in [1.807, 2.05) is 0 Å². The molecule has 26 heavy (non-hydrogen) atoms. The number of nitrogens with one attached hydrogen (secondary N) is 2. The molecule has 0 saturated heterocycles. The van der Waals surface area contributed by atoms with E-state index in [0.717, 1.165) is 0 Å². The fourth-order valence-electron chi connectivity index (χ4n) is 2.38. The van der Waals surface area contributed by atoms with Crippen LogP contribution in [0.1, 0.15) is 11.3 Å². The average Bonchev–Trinajstić information content (AvgIpc) is 2.66. The zero-order valence-corrected chi connectivity index (χ0v) is 14.3. The predicted molar refractivity (Wildman–Crippen MR) is 97.9 cm³/mol. The first kappa shape index (κ1) is 17.2. The number of benzene rings is 1. The van der Waals surface area contributed by atoms with E-state index in [2.05, 4.69) is 15.0 Å². The highest BCUT2D eigenvalue weighted by atomic mass is 16.5. The van der Waals surface area contributed by atoms with Gasteiger partial charge in [0.15, 0.2) is 0 Å². The van der Waals surface area contributed by atoms with Crippen LogP contribution in [0.2, 0.25) is 0 Å². The number of aromatic nitrogens is 3. The second-order valence-corrected chi connectivity index (χ2v) is 5.42. The van der Waals surface area contributed by atoms with Gasteiger partial charge in [-0.25, -0.2) is 0 Å². The number of nitrogens with zero attached hydrogens (tertiary/aromatic N) is 1. The van der Waals surface area contributed by atoms with Crippen LogP contribution in [0.25, 0.3) is 12.2 Å². The summed E-state index contributed by atoms with van der Waals surface area (Å²) < 4.78 is 10.4. The first-order valence-corrected chi connectivity index (χ1v) is 7.79. The van der Waals surface area contributed by atoms with Crippen molar-refractivity contribution in [1.82, 2.24) is 15.0 Å². The number of methoxy groups -OCH3 is 2. The van der Waals surface area contributed by atoms with Crippen LogP contribution >= 0.6 is 0 Å². The standard InChI is InChI=1S/C19H17N3O4/c1-25-14-7-12(8-15(11-14)26-2)9-16-18(23)22-17(19(24)21-16)10-13-5-3-4-6-20-13/h3-11H,1-2H3,(H,21,24)(H,22,23)/b16-9-,17-10-. The van der Waals surface area contributed by atoms with E-state index in [1.54, 1.807) is 48.7 Å². The van der Waals surface area contributed by atoms with Crippen LogP contribution in [0.4, 0.5) is 0 Å². The molecule has 0 atom stereocenters. The second kappa shape index (κ2) is 7.52. The summed E-state index contributed by atoms with van der Waals surface area (Å²) in [5, 5.41) is 0.262. The minimum Gasteiger partial charge on any atom is -0.497 e. The third kappa shape index (κ3) is 3.89. The predicted octanol–water partition coefficient (Wildman–Crippen LogP) is 0.133. The van der Waals surface area contributed by atoms with Gasteiger partial charge in [0.05, 0.1) is 19.9 Å². The summed E-state index contributed by atoms with van der Waals surface area (Å²) in [5.41, 5.74) is 0.386. The summed E-state index contributed by atoms with van der Waals surface area (Å²) in [6.45, 7) is 0. The molecule has 0 spiro atoms. The van der Waals surface area contributed by atoms with Crippen molar-refractivity contribution in [2.24, 2.45) is 0 Å². The Labute approximate surface area is 148 Å². The van der Waals surface area contributed by atoms with Gasteiger partial charge in [-0.2, -0.15) is 0 Å². The van der Waals surface area contributed by atoms with Crippen molar-refractivity contribution in [3.63, 3.8) is 0 Å². The molecule has 0 bridgehead atoms. The van der Waals surface area contributed by atoms with Crippen LogP contribution in [-0.2, 0) is 0 Å². The minimum absolute atomic E-state index is 0.128. The normalized spacial score (nSPS) is 12.2. The van der Waals surface area contributed by atoms with Gasteiger partial charge in [0, 0.05) is 12.3 Å². The Kier molecular flexibility index (Phi) is 4.98. The van der Waals surface area contributed by atoms with Gasteiger partial charge in [0.1, 0.15) is 22.2 Å². The smallest absolute Gasteiger partial charge is 0.272 e. The van der Waals surface area contributed by atoms with Crippen molar-refractivity contribution < 1.29 is 9.47 Å². The summed E-state index contributed by atoms with van der Waals surface area (Å²) in [4.78, 5) is 33.9. The Bertz CT molecular complexity index is 1130. The molecule has 0 aliphatic heterocycles. The van der Waals surface area contributed by atoms with Crippen LogP contribution in [0, 0.1) is 0 Å². The van der Waals surface area contributed by atoms with E-state index in [-0.39, 0.29) is 10.7 Å². The highest BCUT2D eigenvalue weighted by Crippen LogP contribution is 2.22. The van der Waals surface area contributed by atoms with Crippen molar-refractivity contribution in [1.29, 1.82) is 0 Å². The molecule has 0 aliphatic rings. The summed E-state index contributed by atoms with van der Waals surface area (Å²) in [5.74, 6) is 1.16. The van der Waals surface area contributed by atoms with Gasteiger partial charge < -0.3 is 19.4 Å². The van der Waals surface area contributed by atoms with Gasteiger partial charge >= 0.3 is 0 Å². The van der Waals surface area contributed by atoms with Crippen molar-refractivity contribution in [3.05, 3.63) is 85.3 Å². The number of hydrogen-bond acceptors (Lipinski definition) is 5. The second-order valence-electron chi connectivity index (χ2n) is 5.42. The maximum atomic E-state index is 12.3. The lowest BCUT2D eigenvalue weighted by Crippen LogP contribution is -2.46. The summed E-state index contributed by atoms with van der Waals surface area (Å²) in [6.07, 6.45) is 4.67. The van der Waals surface area contributed by atoms with Gasteiger partial charge in [-0.15, -0.1) is 0 Å². The topological polar surface area (TPSA) is 97.1 Å². The molecule has 1 aromatic carbocycles. The fraction of sp³-hybridized carbons (Fsp3) is 0.105. The Balaban J connectivity index is 2.12. The maximum Gasteiger partial charge on any atom is 0.272 e. The number of aromatic amines is 2. The number of H-pyrrole nitrogens is 2. The lowest BCUT2D eigenvalue weighted by atomic mass is 10.2. The van der Waals surface area contributed by atoms with Crippen LogP contribution in [0.3, 0.4) is 0 Å². The molecule has 7 heteroatoms. The van der Waals surface area contributed by atoms with Gasteiger partial charge in [-0.3, -0.25) is 14.6 Å². The number of pyridine rings is 1. The minimum atomic E-state index is -0.423. The molecule has 0 amide bonds. The monoisotopic (exact) mass is 351 g/mol. The van der Waals surface area contributed by atoms with Crippen molar-refractivity contribution in [2.45, 2.75) is 0 Å². The highest BCUT2D eigenvalue weighted by molar-refractivity contribution is 5.54. The van der Waals surface area contributed by atoms with E-state index in [0.29, 0.717) is 22.8 Å². The number of ether oxygens (including phenoxy) is 2. The molecular formula is C19H17N3O4. The SMILES string of the molecule is COc1cc(/C=c2\[nH]c(=O)/c(=C/c3ccccn3)[nH]c2=O)cc(OC)c1. The zero-order valence-electron chi connectivity index (χ0n) is 14.3. The third-order valence-electron chi connectivity index (χ3n) is 3.65. The quantitative estimate of drug-likeness (QED) is 0.697. The van der Waals surface area contributed by atoms with E-state index >= 15 is 0 Å². The molecule has 0 fully saturated rings. The zero-order chi connectivity index (χ0) is 18.5. The lowest BCUT2D eigenvalue weighted by molar-refractivity contribution is 0.394. The Morgan fingerprint density at radius 1 is 0.885 bits per heavy atom. The first-order chi connectivity index (χ1) is 12.6. The molecule has 3 aromatic rings. The molecule has 3 rings (SSSR count). The van der Waals surface area contributed by atoms with Gasteiger partial charge in [0.25, 0.3) is 11.1 Å². The van der Waals surface area contributed by atoms with E-state index in [9.17, 15) is 9.59 Å². The van der Waals surface area contributed by atoms with Crippen LogP contribution in [0.15, 0.2) is 52.2 Å². The van der Waals surface area contributed by atoms with Crippen LogP contribution in [0.5, 0.6) is 11.5 Å². The number of rotatable bonds is 4. The molecule has 0 aliphatic carbocycles. The summed E-state index contributed by atoms with van der Waals surface area (Å²) in [7, 11) is 3.07. The Morgan fingerprint density at radius 3 is 2.04 bits per heavy atom. The Hall–Kier alpha value is -3.61. The largest absolute Gasteiger partial charge is 0.497 e. The molecule has 0 radical (unpaired) electrons. The average molecular weight is 351 g/mol. The molecule has 0 unspecified atom stereocenters. The maximum absolute atomic E-state index is 12.3. The van der Waals surface area contributed by atoms with Crippen LogP contribution < -0.4 is 31.3 Å². The Morgan fingerprint density at radius 2 is 1.50 bits per heavy atom. The molecular weight excluding hydrogens is 334 g/mol. The van der Waals surface area contributed by atoms with Crippen molar-refractivity contribution in [2.75, 3.05) is 14.2 Å². The van der Waals surface area contributed by atoms with Gasteiger partial charge in [0.2, 0.25) is 0 Å². The number of hydrogen-bond donors (Lipinski definition) is 2. The molecule has 132 valence electrons. The first-order valence-electron chi connectivity index (χ1n) is 7.79. The molecule has 2 aromatic heterocycles. The lowest BCUT2D eigenvalue weighted by Gasteiger charge is -2.05. The molecule has 7 nitrogen and oxygen atoms in total.